The van der Waals surface area contributed by atoms with Crippen LogP contribution in [0.25, 0.3) is 11.0 Å². The Morgan fingerprint density at radius 2 is 1.70 bits per heavy atom. The molecule has 2 heterocycles. The molecule has 0 aliphatic carbocycles. The molecule has 1 radical (unpaired) electrons. The minimum absolute atomic E-state index is 0.0852. The van der Waals surface area contributed by atoms with E-state index in [-0.39, 0.29) is 6.04 Å². The van der Waals surface area contributed by atoms with Crippen molar-refractivity contribution in [1.29, 1.82) is 0 Å². The summed E-state index contributed by atoms with van der Waals surface area (Å²) in [6.45, 7) is 0.778. The van der Waals surface area contributed by atoms with Gasteiger partial charge in [-0.15, -0.1) is 0 Å². The topological polar surface area (TPSA) is 49.8 Å². The molecule has 2 aromatic carbocycles. The van der Waals surface area contributed by atoms with E-state index in [0.717, 1.165) is 34.6 Å². The van der Waals surface area contributed by atoms with Gasteiger partial charge in [0.15, 0.2) is 0 Å². The third-order valence-electron chi connectivity index (χ3n) is 3.50. The van der Waals surface area contributed by atoms with Crippen LogP contribution < -0.4 is 10.6 Å². The Labute approximate surface area is 116 Å². The van der Waals surface area contributed by atoms with Gasteiger partial charge in [0.2, 0.25) is 0 Å². The molecule has 1 aromatic heterocycles. The van der Waals surface area contributed by atoms with Gasteiger partial charge in [-0.05, 0) is 24.3 Å². The van der Waals surface area contributed by atoms with Gasteiger partial charge in [-0.3, -0.25) is 0 Å². The summed E-state index contributed by atoms with van der Waals surface area (Å²) < 4.78 is 0. The highest BCUT2D eigenvalue weighted by Crippen LogP contribution is 2.30. The number of hydrogen-bond donors (Lipinski definition) is 2. The zero-order valence-corrected chi connectivity index (χ0v) is 10.8. The van der Waals surface area contributed by atoms with Crippen LogP contribution in [0.15, 0.2) is 48.5 Å². The lowest BCUT2D eigenvalue weighted by atomic mass is 10.1. The second-order valence-corrected chi connectivity index (χ2v) is 4.83. The zero-order chi connectivity index (χ0) is 13.4. The van der Waals surface area contributed by atoms with Crippen LogP contribution >= 0.6 is 0 Å². The molecule has 0 spiro atoms. The molecule has 0 saturated heterocycles. The minimum atomic E-state index is 0.0852. The van der Waals surface area contributed by atoms with Crippen LogP contribution in [0, 0.1) is 6.20 Å². The number of benzene rings is 2. The Hall–Kier alpha value is -2.62. The molecule has 0 saturated carbocycles. The molecule has 1 atom stereocenters. The summed E-state index contributed by atoms with van der Waals surface area (Å²) in [5, 5.41) is 6.89. The highest BCUT2D eigenvalue weighted by Gasteiger charge is 2.20. The summed E-state index contributed by atoms with van der Waals surface area (Å²) in [5.74, 6) is 0. The maximum Gasteiger partial charge on any atom is 0.115 e. The van der Waals surface area contributed by atoms with Gasteiger partial charge in [0.25, 0.3) is 0 Å². The number of hydrogen-bond acceptors (Lipinski definition) is 4. The van der Waals surface area contributed by atoms with Gasteiger partial charge in [0.1, 0.15) is 6.20 Å². The van der Waals surface area contributed by atoms with E-state index in [1.54, 1.807) is 0 Å². The molecule has 3 aromatic rings. The summed E-state index contributed by atoms with van der Waals surface area (Å²) in [5.41, 5.74) is 4.83. The van der Waals surface area contributed by atoms with E-state index in [9.17, 15) is 0 Å². The average molecular weight is 261 g/mol. The Bertz CT molecular complexity index is 769. The van der Waals surface area contributed by atoms with E-state index in [1.165, 1.54) is 0 Å². The van der Waals surface area contributed by atoms with Crippen LogP contribution in [0.3, 0.4) is 0 Å². The highest BCUT2D eigenvalue weighted by atomic mass is 15.1. The third-order valence-corrected chi connectivity index (χ3v) is 3.50. The molecule has 1 unspecified atom stereocenters. The zero-order valence-electron chi connectivity index (χ0n) is 10.8. The summed E-state index contributed by atoms with van der Waals surface area (Å²) in [4.78, 5) is 9.01. The molecule has 4 rings (SSSR count). The SMILES string of the molecule is [c]1nc2ccccc2nc1C1CNc2ccccc2N1. The van der Waals surface area contributed by atoms with Crippen molar-refractivity contribution in [2.45, 2.75) is 6.04 Å². The van der Waals surface area contributed by atoms with Crippen molar-refractivity contribution in [1.82, 2.24) is 9.97 Å². The van der Waals surface area contributed by atoms with Crippen molar-refractivity contribution in [3.8, 4) is 0 Å². The van der Waals surface area contributed by atoms with Crippen molar-refractivity contribution in [2.75, 3.05) is 17.2 Å². The van der Waals surface area contributed by atoms with Crippen LogP contribution in [0.1, 0.15) is 11.7 Å². The Kier molecular flexibility index (Phi) is 2.52. The standard InChI is InChI=1S/C16H13N4/c1-3-7-13-11(5-1)17-9-15(19-13)16-10-18-12-6-2-4-8-14(12)20-16/h1-8,15,17,19H,9H2. The molecule has 0 bridgehead atoms. The fourth-order valence-corrected chi connectivity index (χ4v) is 2.46. The van der Waals surface area contributed by atoms with E-state index < -0.39 is 0 Å². The van der Waals surface area contributed by atoms with Crippen molar-refractivity contribution in [2.24, 2.45) is 0 Å². The largest absolute Gasteiger partial charge is 0.381 e. The first kappa shape index (κ1) is 11.2. The lowest BCUT2D eigenvalue weighted by molar-refractivity contribution is 0.770. The first-order valence-corrected chi connectivity index (χ1v) is 6.64. The minimum Gasteiger partial charge on any atom is -0.381 e. The van der Waals surface area contributed by atoms with Crippen molar-refractivity contribution < 1.29 is 0 Å². The lowest BCUT2D eigenvalue weighted by Gasteiger charge is -2.27. The number of nitrogens with zero attached hydrogens (tertiary/aromatic N) is 2. The normalized spacial score (nSPS) is 17.1. The van der Waals surface area contributed by atoms with Crippen LogP contribution in [0.4, 0.5) is 11.4 Å². The number of anilines is 2. The molecule has 1 aliphatic rings. The lowest BCUT2D eigenvalue weighted by Crippen LogP contribution is -2.26. The van der Waals surface area contributed by atoms with Gasteiger partial charge in [0.05, 0.1) is 34.1 Å². The van der Waals surface area contributed by atoms with E-state index in [4.69, 9.17) is 0 Å². The molecule has 97 valence electrons. The predicted molar refractivity (Wildman–Crippen MR) is 79.7 cm³/mol. The summed E-state index contributed by atoms with van der Waals surface area (Å²) in [6.07, 6.45) is 3.05. The predicted octanol–water partition coefficient (Wildman–Crippen LogP) is 3.01. The quantitative estimate of drug-likeness (QED) is 0.707. The Balaban J connectivity index is 1.70. The summed E-state index contributed by atoms with van der Waals surface area (Å²) >= 11 is 0. The Morgan fingerprint density at radius 3 is 2.60 bits per heavy atom. The van der Waals surface area contributed by atoms with Crippen molar-refractivity contribution >= 4 is 22.4 Å². The second-order valence-electron chi connectivity index (χ2n) is 4.83. The molecule has 4 heteroatoms. The number of aromatic nitrogens is 2. The van der Waals surface area contributed by atoms with Crippen LogP contribution in [-0.2, 0) is 0 Å². The maximum atomic E-state index is 4.65. The molecule has 0 amide bonds. The van der Waals surface area contributed by atoms with E-state index in [0.29, 0.717) is 0 Å². The number of nitrogens with one attached hydrogen (secondary N) is 2. The van der Waals surface area contributed by atoms with Gasteiger partial charge in [-0.25, -0.2) is 9.97 Å². The summed E-state index contributed by atoms with van der Waals surface area (Å²) in [6, 6.07) is 16.1. The van der Waals surface area contributed by atoms with Crippen molar-refractivity contribution in [3.05, 3.63) is 60.4 Å². The van der Waals surface area contributed by atoms with E-state index >= 15 is 0 Å². The first-order valence-electron chi connectivity index (χ1n) is 6.64. The highest BCUT2D eigenvalue weighted by molar-refractivity contribution is 5.74. The van der Waals surface area contributed by atoms with E-state index in [1.807, 2.05) is 36.4 Å². The number of rotatable bonds is 1. The molecule has 20 heavy (non-hydrogen) atoms. The monoisotopic (exact) mass is 261 g/mol. The molecular formula is C16H13N4. The Morgan fingerprint density at radius 1 is 0.950 bits per heavy atom. The summed E-state index contributed by atoms with van der Waals surface area (Å²) in [7, 11) is 0. The van der Waals surface area contributed by atoms with E-state index in [2.05, 4.69) is 38.9 Å². The fraction of sp³-hybridized carbons (Fsp3) is 0.125. The van der Waals surface area contributed by atoms with Crippen LogP contribution in [-0.4, -0.2) is 16.5 Å². The van der Waals surface area contributed by atoms with Gasteiger partial charge in [-0.2, -0.15) is 0 Å². The average Bonchev–Trinajstić information content (AvgIpc) is 2.54. The van der Waals surface area contributed by atoms with Gasteiger partial charge in [0, 0.05) is 6.54 Å². The molecular weight excluding hydrogens is 248 g/mol. The number of fused-ring (bicyclic) bond motifs is 2. The molecule has 4 nitrogen and oxygen atoms in total. The molecule has 0 fully saturated rings. The molecule has 2 N–H and O–H groups in total. The van der Waals surface area contributed by atoms with Crippen molar-refractivity contribution in [3.63, 3.8) is 0 Å². The second kappa shape index (κ2) is 4.49. The van der Waals surface area contributed by atoms with Gasteiger partial charge < -0.3 is 10.6 Å². The smallest absolute Gasteiger partial charge is 0.115 e. The first-order chi connectivity index (χ1) is 9.90. The number of para-hydroxylation sites is 4. The fourth-order valence-electron chi connectivity index (χ4n) is 2.46. The maximum absolute atomic E-state index is 4.65. The van der Waals surface area contributed by atoms with Crippen LogP contribution in [0.5, 0.6) is 0 Å². The molecule has 1 aliphatic heterocycles. The van der Waals surface area contributed by atoms with Gasteiger partial charge in [-0.1, -0.05) is 24.3 Å². The van der Waals surface area contributed by atoms with Crippen LogP contribution in [0.2, 0.25) is 0 Å². The van der Waals surface area contributed by atoms with Gasteiger partial charge >= 0.3 is 0 Å². The third kappa shape index (κ3) is 1.86.